The lowest BCUT2D eigenvalue weighted by molar-refractivity contribution is -0.107. The minimum atomic E-state index is -2.62. The summed E-state index contributed by atoms with van der Waals surface area (Å²) < 4.78 is 46.6. The van der Waals surface area contributed by atoms with Crippen molar-refractivity contribution in [2.45, 2.75) is 163 Å². The Morgan fingerprint density at radius 2 is 0.723 bits per heavy atom. The number of carbonyl (C=O) groups is 1. The van der Waals surface area contributed by atoms with Crippen molar-refractivity contribution in [1.29, 1.82) is 0 Å². The summed E-state index contributed by atoms with van der Waals surface area (Å²) in [6, 6.07) is 0. The molecule has 1 unspecified atom stereocenters. The molecule has 0 N–H and O–H groups in total. The standard InChI is InChI=1S/C39H68O7P/c1-7-13-18-23-28-42-34-35(43-29-24-19-14-8-2)37(45-31-26-21-16-10-4)39(47(41)33(40)12-6)38(46-32-27-22-17-11-5)36(34)44-30-25-20-15-9-3/h12H,6-11,13-32H2,1-5H3/q+1. The molecule has 0 radical (unpaired) electrons. The van der Waals surface area contributed by atoms with Crippen molar-refractivity contribution < 1.29 is 33.0 Å². The third kappa shape index (κ3) is 17.1. The molecule has 270 valence electrons. The maximum absolute atomic E-state index is 14.1. The highest BCUT2D eigenvalue weighted by Gasteiger charge is 2.44. The van der Waals surface area contributed by atoms with E-state index in [1.807, 2.05) is 0 Å². The molecule has 0 heterocycles. The van der Waals surface area contributed by atoms with Crippen molar-refractivity contribution in [3.8, 4) is 28.7 Å². The van der Waals surface area contributed by atoms with Gasteiger partial charge in [-0.25, -0.2) is 4.79 Å². The summed E-state index contributed by atoms with van der Waals surface area (Å²) in [6.45, 7) is 16.7. The van der Waals surface area contributed by atoms with Crippen molar-refractivity contribution >= 4 is 18.6 Å². The minimum absolute atomic E-state index is 0.196. The first-order valence-electron chi connectivity index (χ1n) is 19.0. The van der Waals surface area contributed by atoms with Crippen molar-refractivity contribution in [2.24, 2.45) is 0 Å². The topological polar surface area (TPSA) is 80.3 Å². The number of allylic oxidation sites excluding steroid dienone is 1. The van der Waals surface area contributed by atoms with Gasteiger partial charge in [0.1, 0.15) is 0 Å². The zero-order valence-corrected chi connectivity index (χ0v) is 31.7. The van der Waals surface area contributed by atoms with Gasteiger partial charge in [-0.2, -0.15) is 0 Å². The number of hydrogen-bond donors (Lipinski definition) is 0. The normalized spacial score (nSPS) is 11.3. The lowest BCUT2D eigenvalue weighted by Crippen LogP contribution is -2.19. The summed E-state index contributed by atoms with van der Waals surface area (Å²) in [7, 11) is -2.62. The maximum Gasteiger partial charge on any atom is 0.466 e. The van der Waals surface area contributed by atoms with E-state index in [0.717, 1.165) is 134 Å². The van der Waals surface area contributed by atoms with Crippen LogP contribution in [0.25, 0.3) is 0 Å². The number of carbonyl (C=O) groups excluding carboxylic acids is 1. The Balaban J connectivity index is 3.89. The molecule has 7 nitrogen and oxygen atoms in total. The highest BCUT2D eigenvalue weighted by Crippen LogP contribution is 2.53. The number of hydrogen-bond acceptors (Lipinski definition) is 7. The SMILES string of the molecule is C=CC(=O)[P+](=O)c1c(OCCCCCC)c(OCCCCCC)c(OCCCCCC)c(OCCCCCC)c1OCCCCCC. The third-order valence-electron chi connectivity index (χ3n) is 8.05. The molecular weight excluding hydrogens is 611 g/mol. The van der Waals surface area contributed by atoms with Crippen LogP contribution in [-0.2, 0) is 9.36 Å². The molecule has 1 atom stereocenters. The summed E-state index contributed by atoms with van der Waals surface area (Å²) in [5, 5.41) is 0.196. The summed E-state index contributed by atoms with van der Waals surface area (Å²) in [5.41, 5.74) is -0.581. The molecule has 0 saturated heterocycles. The fraction of sp³-hybridized carbons (Fsp3) is 0.769. The number of benzene rings is 1. The highest BCUT2D eigenvalue weighted by molar-refractivity contribution is 7.71. The van der Waals surface area contributed by atoms with Crippen LogP contribution < -0.4 is 29.0 Å². The number of rotatable bonds is 33. The average molecular weight is 680 g/mol. The second-order valence-corrected chi connectivity index (χ2v) is 13.9. The van der Waals surface area contributed by atoms with Gasteiger partial charge in [0.25, 0.3) is 5.30 Å². The fourth-order valence-corrected chi connectivity index (χ4v) is 6.27. The Kier molecular flexibility index (Phi) is 26.1. The van der Waals surface area contributed by atoms with Crippen molar-refractivity contribution in [2.75, 3.05) is 33.0 Å². The molecule has 0 aliphatic rings. The predicted molar refractivity (Wildman–Crippen MR) is 197 cm³/mol. The van der Waals surface area contributed by atoms with E-state index in [9.17, 15) is 9.36 Å². The average Bonchev–Trinajstić information content (AvgIpc) is 3.08. The largest absolute Gasteiger partial charge is 0.486 e. The zero-order chi connectivity index (χ0) is 34.5. The number of unbranched alkanes of at least 4 members (excludes halogenated alkanes) is 15. The lowest BCUT2D eigenvalue weighted by Gasteiger charge is -2.23. The summed E-state index contributed by atoms with van der Waals surface area (Å²) >= 11 is 0. The number of ether oxygens (including phenoxy) is 5. The second-order valence-electron chi connectivity index (χ2n) is 12.4. The van der Waals surface area contributed by atoms with Gasteiger partial charge < -0.3 is 23.7 Å². The molecule has 47 heavy (non-hydrogen) atoms. The van der Waals surface area contributed by atoms with Crippen molar-refractivity contribution in [1.82, 2.24) is 0 Å². The zero-order valence-electron chi connectivity index (χ0n) is 30.8. The van der Waals surface area contributed by atoms with E-state index in [4.69, 9.17) is 23.7 Å². The smallest absolute Gasteiger partial charge is 0.466 e. The van der Waals surface area contributed by atoms with Crippen LogP contribution in [-0.4, -0.2) is 38.6 Å². The molecule has 0 aromatic heterocycles. The van der Waals surface area contributed by atoms with E-state index in [0.29, 0.717) is 50.3 Å². The predicted octanol–water partition coefficient (Wildman–Crippen LogP) is 11.6. The molecule has 1 rings (SSSR count). The van der Waals surface area contributed by atoms with Crippen molar-refractivity contribution in [3.05, 3.63) is 12.7 Å². The minimum Gasteiger partial charge on any atom is -0.486 e. The molecule has 0 bridgehead atoms. The van der Waals surface area contributed by atoms with E-state index in [2.05, 4.69) is 41.2 Å². The Bertz CT molecular complexity index is 941. The first-order valence-corrected chi connectivity index (χ1v) is 20.3. The molecule has 0 fully saturated rings. The van der Waals surface area contributed by atoms with Crippen LogP contribution in [0, 0.1) is 0 Å². The molecule has 8 heteroatoms. The summed E-state index contributed by atoms with van der Waals surface area (Å²) in [5.74, 6) is 1.71. The first-order chi connectivity index (χ1) is 23.0. The van der Waals surface area contributed by atoms with Gasteiger partial charge in [-0.1, -0.05) is 142 Å². The van der Waals surface area contributed by atoms with Crippen LogP contribution in [0.3, 0.4) is 0 Å². The van der Waals surface area contributed by atoms with E-state index >= 15 is 0 Å². The van der Waals surface area contributed by atoms with Gasteiger partial charge in [0.15, 0.2) is 0 Å². The van der Waals surface area contributed by atoms with Gasteiger partial charge in [0, 0.05) is 6.08 Å². The van der Waals surface area contributed by atoms with Crippen molar-refractivity contribution in [3.63, 3.8) is 0 Å². The van der Waals surface area contributed by atoms with Crippen LogP contribution in [0.15, 0.2) is 12.7 Å². The van der Waals surface area contributed by atoms with Gasteiger partial charge in [-0.3, -0.25) is 0 Å². The van der Waals surface area contributed by atoms with E-state index in [1.54, 1.807) is 0 Å². The van der Waals surface area contributed by atoms with Crippen LogP contribution in [0.2, 0.25) is 0 Å². The van der Waals surface area contributed by atoms with Crippen LogP contribution in [0.4, 0.5) is 0 Å². The van der Waals surface area contributed by atoms with Crippen LogP contribution >= 0.6 is 7.80 Å². The Labute approximate surface area is 288 Å². The second kappa shape index (κ2) is 28.7. The molecule has 0 saturated carbocycles. The molecule has 0 amide bonds. The van der Waals surface area contributed by atoms with E-state index < -0.39 is 13.3 Å². The summed E-state index contributed by atoms with van der Waals surface area (Å²) in [6.07, 6.45) is 21.6. The van der Waals surface area contributed by atoms with Gasteiger partial charge in [0.05, 0.1) is 33.0 Å². The Hall–Kier alpha value is -2.27. The molecule has 1 aromatic rings. The van der Waals surface area contributed by atoms with Gasteiger partial charge in [-0.15, -0.1) is 0 Å². The summed E-state index contributed by atoms with van der Waals surface area (Å²) in [4.78, 5) is 13.1. The monoisotopic (exact) mass is 679 g/mol. The molecule has 0 spiro atoms. The van der Waals surface area contributed by atoms with Crippen LogP contribution in [0.1, 0.15) is 163 Å². The Morgan fingerprint density at radius 1 is 0.468 bits per heavy atom. The van der Waals surface area contributed by atoms with E-state index in [-0.39, 0.29) is 16.8 Å². The first kappa shape index (κ1) is 42.8. The highest BCUT2D eigenvalue weighted by atomic mass is 31.1. The fourth-order valence-electron chi connectivity index (χ4n) is 5.18. The molecule has 1 aromatic carbocycles. The third-order valence-corrected chi connectivity index (χ3v) is 9.45. The van der Waals surface area contributed by atoms with Crippen LogP contribution in [0.5, 0.6) is 28.7 Å². The van der Waals surface area contributed by atoms with Gasteiger partial charge in [-0.05, 0) is 32.1 Å². The Morgan fingerprint density at radius 3 is 0.979 bits per heavy atom. The quantitative estimate of drug-likeness (QED) is 0.0415. The molecule has 0 aliphatic heterocycles. The molecule has 0 aliphatic carbocycles. The van der Waals surface area contributed by atoms with Gasteiger partial charge in [0.2, 0.25) is 28.7 Å². The van der Waals surface area contributed by atoms with E-state index in [1.165, 1.54) is 0 Å². The van der Waals surface area contributed by atoms with Gasteiger partial charge >= 0.3 is 13.3 Å². The maximum atomic E-state index is 14.1. The lowest BCUT2D eigenvalue weighted by atomic mass is 10.2. The molecular formula is C39H68O7P+.